The zero-order valence-electron chi connectivity index (χ0n) is 9.60. The Kier molecular flexibility index (Phi) is 3.93. The Labute approximate surface area is 86.9 Å². The van der Waals surface area contributed by atoms with Gasteiger partial charge in [0.2, 0.25) is 5.91 Å². The Morgan fingerprint density at radius 1 is 1.50 bits per heavy atom. The lowest BCUT2D eigenvalue weighted by Crippen LogP contribution is -2.43. The molecule has 0 bridgehead atoms. The van der Waals surface area contributed by atoms with Gasteiger partial charge in [-0.2, -0.15) is 0 Å². The van der Waals surface area contributed by atoms with Crippen LogP contribution in [-0.4, -0.2) is 37.0 Å². The summed E-state index contributed by atoms with van der Waals surface area (Å²) in [5.74, 6) is 0.326. The van der Waals surface area contributed by atoms with Gasteiger partial charge in [0, 0.05) is 19.6 Å². The fourth-order valence-electron chi connectivity index (χ4n) is 2.05. The summed E-state index contributed by atoms with van der Waals surface area (Å²) in [5.41, 5.74) is -0.148. The Morgan fingerprint density at radius 3 is 2.64 bits per heavy atom. The molecule has 0 saturated carbocycles. The van der Waals surface area contributed by atoms with Crippen LogP contribution in [0.1, 0.15) is 33.6 Å². The van der Waals surface area contributed by atoms with Crippen LogP contribution in [0, 0.1) is 5.41 Å². The summed E-state index contributed by atoms with van der Waals surface area (Å²) >= 11 is 0. The normalized spacial score (nSPS) is 26.5. The van der Waals surface area contributed by atoms with Gasteiger partial charge in [0.05, 0.1) is 5.41 Å². The molecule has 0 aliphatic carbocycles. The van der Waals surface area contributed by atoms with Crippen LogP contribution in [0.15, 0.2) is 0 Å². The van der Waals surface area contributed by atoms with E-state index in [1.54, 1.807) is 0 Å². The maximum Gasteiger partial charge on any atom is 0.229 e. The molecule has 0 spiro atoms. The minimum atomic E-state index is -0.148. The summed E-state index contributed by atoms with van der Waals surface area (Å²) in [6.45, 7) is 9.79. The molecule has 0 radical (unpaired) electrons. The minimum Gasteiger partial charge on any atom is -0.342 e. The highest BCUT2D eigenvalue weighted by molar-refractivity contribution is 5.83. The van der Waals surface area contributed by atoms with Crippen LogP contribution in [0.2, 0.25) is 0 Å². The summed E-state index contributed by atoms with van der Waals surface area (Å²) in [6, 6.07) is 0. The number of nitrogens with zero attached hydrogens (tertiary/aromatic N) is 1. The topological polar surface area (TPSA) is 32.3 Å². The monoisotopic (exact) mass is 198 g/mol. The van der Waals surface area contributed by atoms with E-state index >= 15 is 0 Å². The predicted molar refractivity (Wildman–Crippen MR) is 58.1 cm³/mol. The number of carbonyl (C=O) groups excluding carboxylic acids is 1. The second-order valence-electron chi connectivity index (χ2n) is 4.37. The fourth-order valence-corrected chi connectivity index (χ4v) is 2.05. The van der Waals surface area contributed by atoms with Crippen molar-refractivity contribution in [3.63, 3.8) is 0 Å². The quantitative estimate of drug-likeness (QED) is 0.737. The molecule has 0 aromatic rings. The Hall–Kier alpha value is -0.570. The van der Waals surface area contributed by atoms with Crippen molar-refractivity contribution >= 4 is 5.91 Å². The van der Waals surface area contributed by atoms with E-state index in [2.05, 4.69) is 26.1 Å². The van der Waals surface area contributed by atoms with Crippen molar-refractivity contribution in [2.45, 2.75) is 33.6 Å². The van der Waals surface area contributed by atoms with E-state index < -0.39 is 0 Å². The van der Waals surface area contributed by atoms with E-state index in [9.17, 15) is 4.79 Å². The van der Waals surface area contributed by atoms with E-state index in [1.807, 2.05) is 4.90 Å². The van der Waals surface area contributed by atoms with Gasteiger partial charge in [0.25, 0.3) is 0 Å². The molecule has 82 valence electrons. The summed E-state index contributed by atoms with van der Waals surface area (Å²) in [5, 5.41) is 3.27. The number of hydrogen-bond acceptors (Lipinski definition) is 2. The summed E-state index contributed by atoms with van der Waals surface area (Å²) in [6.07, 6.45) is 2.02. The van der Waals surface area contributed by atoms with Crippen LogP contribution < -0.4 is 5.32 Å². The lowest BCUT2D eigenvalue weighted by molar-refractivity contribution is -0.140. The third kappa shape index (κ3) is 2.27. The predicted octanol–water partition coefficient (Wildman–Crippen LogP) is 1.24. The molecule has 14 heavy (non-hydrogen) atoms. The van der Waals surface area contributed by atoms with Crippen molar-refractivity contribution < 1.29 is 4.79 Å². The fraction of sp³-hybridized carbons (Fsp3) is 0.909. The molecule has 1 aliphatic rings. The largest absolute Gasteiger partial charge is 0.342 e. The summed E-state index contributed by atoms with van der Waals surface area (Å²) < 4.78 is 0. The molecule has 0 aromatic carbocycles. The molecule has 1 rings (SSSR count). The van der Waals surface area contributed by atoms with E-state index in [-0.39, 0.29) is 5.41 Å². The highest BCUT2D eigenvalue weighted by Gasteiger charge is 2.38. The Morgan fingerprint density at radius 2 is 2.21 bits per heavy atom. The van der Waals surface area contributed by atoms with E-state index in [0.717, 1.165) is 39.0 Å². The van der Waals surface area contributed by atoms with Crippen LogP contribution in [-0.2, 0) is 4.79 Å². The molecule has 1 atom stereocenters. The summed E-state index contributed by atoms with van der Waals surface area (Å²) in [4.78, 5) is 14.2. The average molecular weight is 198 g/mol. The third-order valence-corrected chi connectivity index (χ3v) is 3.05. The highest BCUT2D eigenvalue weighted by Crippen LogP contribution is 2.27. The third-order valence-electron chi connectivity index (χ3n) is 3.05. The Balaban J connectivity index is 2.61. The van der Waals surface area contributed by atoms with Gasteiger partial charge in [-0.25, -0.2) is 0 Å². The molecule has 1 heterocycles. The zero-order valence-corrected chi connectivity index (χ0v) is 9.60. The minimum absolute atomic E-state index is 0.148. The van der Waals surface area contributed by atoms with Crippen molar-refractivity contribution in [1.29, 1.82) is 0 Å². The van der Waals surface area contributed by atoms with Gasteiger partial charge < -0.3 is 10.2 Å². The number of amides is 1. The maximum atomic E-state index is 12.2. The zero-order chi connectivity index (χ0) is 10.6. The van der Waals surface area contributed by atoms with Gasteiger partial charge in [-0.15, -0.1) is 0 Å². The molecule has 1 N–H and O–H groups in total. The van der Waals surface area contributed by atoms with Crippen molar-refractivity contribution in [3.8, 4) is 0 Å². The number of nitrogens with one attached hydrogen (secondary N) is 1. The van der Waals surface area contributed by atoms with Gasteiger partial charge in [0.1, 0.15) is 0 Å². The lowest BCUT2D eigenvalue weighted by atomic mass is 9.88. The molecular formula is C11H22N2O. The lowest BCUT2D eigenvalue weighted by Gasteiger charge is -2.30. The number of rotatable bonds is 4. The van der Waals surface area contributed by atoms with Crippen LogP contribution in [0.25, 0.3) is 0 Å². The molecule has 1 unspecified atom stereocenters. The standard InChI is InChI=1S/C11H22N2O/c1-4-8-13(5-2)10(14)11(3)6-7-12-9-11/h12H,4-9H2,1-3H3. The van der Waals surface area contributed by atoms with Gasteiger partial charge in [0.15, 0.2) is 0 Å². The van der Waals surface area contributed by atoms with Crippen molar-refractivity contribution in [3.05, 3.63) is 0 Å². The van der Waals surface area contributed by atoms with Crippen LogP contribution >= 0.6 is 0 Å². The first kappa shape index (κ1) is 11.5. The van der Waals surface area contributed by atoms with Crippen molar-refractivity contribution in [2.75, 3.05) is 26.2 Å². The van der Waals surface area contributed by atoms with Gasteiger partial charge in [-0.05, 0) is 33.2 Å². The molecule has 1 fully saturated rings. The van der Waals surface area contributed by atoms with Gasteiger partial charge in [-0.1, -0.05) is 6.92 Å². The first-order valence-electron chi connectivity index (χ1n) is 5.64. The van der Waals surface area contributed by atoms with Gasteiger partial charge >= 0.3 is 0 Å². The van der Waals surface area contributed by atoms with Crippen molar-refractivity contribution in [2.24, 2.45) is 5.41 Å². The molecule has 3 heteroatoms. The molecule has 3 nitrogen and oxygen atoms in total. The van der Waals surface area contributed by atoms with E-state index in [0.29, 0.717) is 5.91 Å². The number of hydrogen-bond donors (Lipinski definition) is 1. The Bertz CT molecular complexity index is 197. The van der Waals surface area contributed by atoms with Crippen LogP contribution in [0.3, 0.4) is 0 Å². The molecule has 1 amide bonds. The second kappa shape index (κ2) is 4.78. The average Bonchev–Trinajstić information content (AvgIpc) is 2.62. The first-order chi connectivity index (χ1) is 6.64. The second-order valence-corrected chi connectivity index (χ2v) is 4.37. The maximum absolute atomic E-state index is 12.2. The molecular weight excluding hydrogens is 176 g/mol. The molecule has 0 aromatic heterocycles. The highest BCUT2D eigenvalue weighted by atomic mass is 16.2. The van der Waals surface area contributed by atoms with Crippen LogP contribution in [0.5, 0.6) is 0 Å². The smallest absolute Gasteiger partial charge is 0.229 e. The first-order valence-corrected chi connectivity index (χ1v) is 5.64. The molecule has 1 aliphatic heterocycles. The SMILES string of the molecule is CCCN(CC)C(=O)C1(C)CCNC1. The van der Waals surface area contributed by atoms with E-state index in [1.165, 1.54) is 0 Å². The van der Waals surface area contributed by atoms with Crippen LogP contribution in [0.4, 0.5) is 0 Å². The van der Waals surface area contributed by atoms with E-state index in [4.69, 9.17) is 0 Å². The van der Waals surface area contributed by atoms with Gasteiger partial charge in [-0.3, -0.25) is 4.79 Å². The van der Waals surface area contributed by atoms with Crippen molar-refractivity contribution in [1.82, 2.24) is 10.2 Å². The molecule has 1 saturated heterocycles. The summed E-state index contributed by atoms with van der Waals surface area (Å²) in [7, 11) is 0. The number of carbonyl (C=O) groups is 1.